The van der Waals surface area contributed by atoms with Crippen molar-refractivity contribution in [3.05, 3.63) is 30.6 Å². The predicted molar refractivity (Wildman–Crippen MR) is 38.7 cm³/mol. The van der Waals surface area contributed by atoms with E-state index >= 15 is 0 Å². The monoisotopic (exact) mass is 210 g/mol. The first-order valence-electron chi connectivity index (χ1n) is 1.85. The van der Waals surface area contributed by atoms with Crippen LogP contribution in [0.2, 0.25) is 0 Å². The third-order valence-electron chi connectivity index (χ3n) is 0.566. The number of aromatic nitrogens is 1. The fourth-order valence-corrected chi connectivity index (χ4v) is 0.313. The molecule has 0 aliphatic carbocycles. The molecule has 0 spiro atoms. The summed E-state index contributed by atoms with van der Waals surface area (Å²) in [5.41, 5.74) is 0. The molecule has 0 saturated heterocycles. The van der Waals surface area contributed by atoms with Crippen molar-refractivity contribution >= 4 is 24.8 Å². The number of rotatable bonds is 0. The van der Waals surface area contributed by atoms with Crippen LogP contribution in [0.4, 0.5) is 0 Å². The summed E-state index contributed by atoms with van der Waals surface area (Å²) < 4.78 is 0. The Bertz CT molecular complexity index is 86.9. The van der Waals surface area contributed by atoms with Gasteiger partial charge < -0.3 is 0 Å². The first-order chi connectivity index (χ1) is 3.00. The Morgan fingerprint density at radius 2 is 1.22 bits per heavy atom. The van der Waals surface area contributed by atoms with Gasteiger partial charge in [-0.1, -0.05) is 6.07 Å². The normalized spacial score (nSPS) is 5.33. The molecular weight excluding hydrogens is 204 g/mol. The maximum atomic E-state index is 3.78. The van der Waals surface area contributed by atoms with Gasteiger partial charge in [0.05, 0.1) is 0 Å². The van der Waals surface area contributed by atoms with E-state index in [0.717, 1.165) is 0 Å². The molecule has 1 aromatic rings. The van der Waals surface area contributed by atoms with Crippen molar-refractivity contribution in [1.82, 2.24) is 4.98 Å². The van der Waals surface area contributed by atoms with Gasteiger partial charge in [-0.3, -0.25) is 4.98 Å². The molecule has 1 heterocycles. The summed E-state index contributed by atoms with van der Waals surface area (Å²) in [6.45, 7) is 0. The van der Waals surface area contributed by atoms with Crippen LogP contribution < -0.4 is 0 Å². The zero-order valence-electron chi connectivity index (χ0n) is 4.48. The molecule has 0 aliphatic heterocycles. The summed E-state index contributed by atoms with van der Waals surface area (Å²) in [5.74, 6) is 0. The quantitative estimate of drug-likeness (QED) is 0.638. The molecule has 0 unspecified atom stereocenters. The molecule has 1 aromatic heterocycles. The summed E-state index contributed by atoms with van der Waals surface area (Å²) >= 11 is 0. The topological polar surface area (TPSA) is 12.9 Å². The molecule has 1 rings (SSSR count). The van der Waals surface area contributed by atoms with E-state index in [1.807, 2.05) is 18.2 Å². The minimum atomic E-state index is 0. The Kier molecular flexibility index (Phi) is 19.9. The zero-order chi connectivity index (χ0) is 4.24. The molecule has 0 atom stereocenters. The maximum Gasteiger partial charge on any atom is 0.0267 e. The van der Waals surface area contributed by atoms with E-state index in [1.165, 1.54) is 0 Å². The second-order valence-electron chi connectivity index (χ2n) is 1.02. The van der Waals surface area contributed by atoms with E-state index < -0.39 is 0 Å². The minimum absolute atomic E-state index is 0. The molecule has 9 heavy (non-hydrogen) atoms. The van der Waals surface area contributed by atoms with Gasteiger partial charge in [0.2, 0.25) is 0 Å². The van der Waals surface area contributed by atoms with Gasteiger partial charge in [-0.2, -0.15) is 0 Å². The Hall–Kier alpha value is 0.236. The molecule has 0 bridgehead atoms. The van der Waals surface area contributed by atoms with Crippen LogP contribution >= 0.6 is 24.8 Å². The van der Waals surface area contributed by atoms with Crippen LogP contribution in [-0.4, -0.2) is 4.98 Å². The molecule has 4 heteroatoms. The van der Waals surface area contributed by atoms with E-state index in [-0.39, 0.29) is 41.6 Å². The number of nitrogens with zero attached hydrogens (tertiary/aromatic N) is 1. The number of pyridine rings is 1. The van der Waals surface area contributed by atoms with E-state index in [1.54, 1.807) is 12.4 Å². The van der Waals surface area contributed by atoms with Gasteiger partial charge in [0.25, 0.3) is 0 Å². The molecule has 1 nitrogen and oxygen atoms in total. The molecule has 0 N–H and O–H groups in total. The molecule has 0 saturated carbocycles. The third kappa shape index (κ3) is 8.24. The van der Waals surface area contributed by atoms with Gasteiger partial charge in [-0.15, -0.1) is 24.8 Å². The Morgan fingerprint density at radius 1 is 0.778 bits per heavy atom. The summed E-state index contributed by atoms with van der Waals surface area (Å²) in [7, 11) is 0. The van der Waals surface area contributed by atoms with Crippen LogP contribution in [0.5, 0.6) is 0 Å². The van der Waals surface area contributed by atoms with Gasteiger partial charge in [0.1, 0.15) is 0 Å². The first-order valence-corrected chi connectivity index (χ1v) is 1.85. The van der Waals surface area contributed by atoms with Crippen molar-refractivity contribution in [3.63, 3.8) is 0 Å². The Labute approximate surface area is 77.3 Å². The summed E-state index contributed by atoms with van der Waals surface area (Å²) in [6.07, 6.45) is 3.50. The van der Waals surface area contributed by atoms with Crippen molar-refractivity contribution in [3.8, 4) is 0 Å². The zero-order valence-corrected chi connectivity index (χ0v) is 7.16. The molecular formula is C5H7Cl2CoN. The van der Waals surface area contributed by atoms with Crippen LogP contribution in [0.3, 0.4) is 0 Å². The predicted octanol–water partition coefficient (Wildman–Crippen LogP) is 1.92. The molecule has 55 valence electrons. The Morgan fingerprint density at radius 3 is 1.33 bits per heavy atom. The number of hydrogen-bond donors (Lipinski definition) is 0. The van der Waals surface area contributed by atoms with Gasteiger partial charge in [0, 0.05) is 29.2 Å². The summed E-state index contributed by atoms with van der Waals surface area (Å²) in [4.78, 5) is 3.78. The van der Waals surface area contributed by atoms with Crippen LogP contribution in [0.15, 0.2) is 30.6 Å². The molecule has 1 radical (unpaired) electrons. The fourth-order valence-electron chi connectivity index (χ4n) is 0.313. The standard InChI is InChI=1S/C5H5N.2ClH.Co/c1-2-4-6-5-3-1;;;/h1-5H;2*1H;. The Balaban J connectivity index is -0.000000120. The molecule has 0 aromatic carbocycles. The van der Waals surface area contributed by atoms with Crippen LogP contribution in [0.1, 0.15) is 0 Å². The van der Waals surface area contributed by atoms with E-state index in [2.05, 4.69) is 4.98 Å². The van der Waals surface area contributed by atoms with Gasteiger partial charge in [-0.05, 0) is 12.1 Å². The van der Waals surface area contributed by atoms with Crippen molar-refractivity contribution < 1.29 is 16.8 Å². The summed E-state index contributed by atoms with van der Waals surface area (Å²) in [5, 5.41) is 0. The first kappa shape index (κ1) is 16.1. The second kappa shape index (κ2) is 11.1. The molecule has 0 fully saturated rings. The SMILES string of the molecule is Cl.Cl.[Co].c1ccncc1. The van der Waals surface area contributed by atoms with Gasteiger partial charge in [0.15, 0.2) is 0 Å². The van der Waals surface area contributed by atoms with Gasteiger partial charge >= 0.3 is 0 Å². The van der Waals surface area contributed by atoms with E-state index in [0.29, 0.717) is 0 Å². The van der Waals surface area contributed by atoms with Crippen LogP contribution in [-0.2, 0) is 16.8 Å². The van der Waals surface area contributed by atoms with E-state index in [9.17, 15) is 0 Å². The van der Waals surface area contributed by atoms with Crippen molar-refractivity contribution in [1.29, 1.82) is 0 Å². The van der Waals surface area contributed by atoms with Crippen molar-refractivity contribution in [2.75, 3.05) is 0 Å². The summed E-state index contributed by atoms with van der Waals surface area (Å²) in [6, 6.07) is 5.72. The molecule has 0 aliphatic rings. The average molecular weight is 211 g/mol. The second-order valence-corrected chi connectivity index (χ2v) is 1.02. The van der Waals surface area contributed by atoms with E-state index in [4.69, 9.17) is 0 Å². The van der Waals surface area contributed by atoms with Crippen molar-refractivity contribution in [2.24, 2.45) is 0 Å². The number of hydrogen-bond acceptors (Lipinski definition) is 1. The minimum Gasteiger partial charge on any atom is -0.265 e. The largest absolute Gasteiger partial charge is 0.265 e. The van der Waals surface area contributed by atoms with Crippen LogP contribution in [0.25, 0.3) is 0 Å². The van der Waals surface area contributed by atoms with Gasteiger partial charge in [-0.25, -0.2) is 0 Å². The third-order valence-corrected chi connectivity index (χ3v) is 0.566. The molecule has 0 amide bonds. The average Bonchev–Trinajstić information content (AvgIpc) is 1.72. The van der Waals surface area contributed by atoms with Crippen molar-refractivity contribution in [2.45, 2.75) is 0 Å². The number of halogens is 2. The smallest absolute Gasteiger partial charge is 0.0267 e. The van der Waals surface area contributed by atoms with Crippen LogP contribution in [0, 0.1) is 0 Å². The fraction of sp³-hybridized carbons (Fsp3) is 0. The maximum absolute atomic E-state index is 3.78.